The van der Waals surface area contributed by atoms with Gasteiger partial charge in [0.05, 0.1) is 4.21 Å². The van der Waals surface area contributed by atoms with Gasteiger partial charge in [-0.15, -0.1) is 23.1 Å². The van der Waals surface area contributed by atoms with Crippen LogP contribution >= 0.6 is 23.1 Å². The molecular weight excluding hydrogens is 164 g/mol. The van der Waals surface area contributed by atoms with E-state index < -0.39 is 0 Å². The first-order chi connectivity index (χ1) is 4.88. The Morgan fingerprint density at radius 2 is 2.40 bits per heavy atom. The number of carbonyl (C=O) groups is 1. The Labute approximate surface area is 67.4 Å². The van der Waals surface area contributed by atoms with Crippen LogP contribution in [0.5, 0.6) is 0 Å². The predicted octanol–water partition coefficient (Wildman–Crippen LogP) is 2.43. The molecule has 0 aromatic carbocycles. The van der Waals surface area contributed by atoms with E-state index in [-0.39, 0.29) is 0 Å². The van der Waals surface area contributed by atoms with Crippen LogP contribution in [0.1, 0.15) is 16.8 Å². The molecule has 10 heavy (non-hydrogen) atoms. The summed E-state index contributed by atoms with van der Waals surface area (Å²) in [5.74, 6) is 1.28. The molecule has 0 fully saturated rings. The van der Waals surface area contributed by atoms with E-state index in [2.05, 4.69) is 0 Å². The fourth-order valence-corrected chi connectivity index (χ4v) is 3.12. The lowest BCUT2D eigenvalue weighted by atomic mass is 10.2. The quantitative estimate of drug-likeness (QED) is 0.595. The van der Waals surface area contributed by atoms with Crippen molar-refractivity contribution in [3.63, 3.8) is 0 Å². The van der Waals surface area contributed by atoms with Gasteiger partial charge in [0.25, 0.3) is 0 Å². The van der Waals surface area contributed by atoms with Crippen molar-refractivity contribution in [1.82, 2.24) is 0 Å². The van der Waals surface area contributed by atoms with Crippen molar-refractivity contribution in [2.24, 2.45) is 0 Å². The summed E-state index contributed by atoms with van der Waals surface area (Å²) in [6, 6.07) is 1.93. The fourth-order valence-electron chi connectivity index (χ4n) is 0.985. The van der Waals surface area contributed by atoms with Crippen molar-refractivity contribution in [3.8, 4) is 0 Å². The largest absolute Gasteiger partial charge is 0.294 e. The van der Waals surface area contributed by atoms with Crippen LogP contribution in [-0.4, -0.2) is 11.5 Å². The van der Waals surface area contributed by atoms with E-state index >= 15 is 0 Å². The van der Waals surface area contributed by atoms with Gasteiger partial charge in [0.15, 0.2) is 5.78 Å². The first-order valence-corrected chi connectivity index (χ1v) is 4.98. The molecule has 2 rings (SSSR count). The number of thiophene rings is 1. The maximum Gasteiger partial charge on any atom is 0.165 e. The molecule has 0 unspecified atom stereocenters. The number of rotatable bonds is 0. The van der Waals surface area contributed by atoms with Gasteiger partial charge in [0, 0.05) is 17.7 Å². The fraction of sp³-hybridized carbons (Fsp3) is 0.286. The molecule has 0 atom stereocenters. The van der Waals surface area contributed by atoms with Gasteiger partial charge in [-0.05, 0) is 11.4 Å². The summed E-state index contributed by atoms with van der Waals surface area (Å²) in [5.41, 5.74) is 0.946. The lowest BCUT2D eigenvalue weighted by molar-refractivity contribution is 0.0985. The van der Waals surface area contributed by atoms with Crippen LogP contribution in [0, 0.1) is 0 Å². The maximum atomic E-state index is 11.1. The summed E-state index contributed by atoms with van der Waals surface area (Å²) < 4.78 is 1.20. The highest BCUT2D eigenvalue weighted by Crippen LogP contribution is 2.34. The minimum Gasteiger partial charge on any atom is -0.294 e. The molecule has 0 aliphatic carbocycles. The normalized spacial score (nSPS) is 17.0. The van der Waals surface area contributed by atoms with Gasteiger partial charge in [-0.1, -0.05) is 0 Å². The molecule has 0 bridgehead atoms. The second-order valence-electron chi connectivity index (χ2n) is 2.14. The number of ketones is 1. The van der Waals surface area contributed by atoms with Gasteiger partial charge in [-0.2, -0.15) is 0 Å². The molecule has 3 heteroatoms. The van der Waals surface area contributed by atoms with Crippen molar-refractivity contribution in [3.05, 3.63) is 17.0 Å². The molecule has 1 nitrogen and oxygen atoms in total. The Morgan fingerprint density at radius 1 is 1.50 bits per heavy atom. The third kappa shape index (κ3) is 0.896. The number of Topliss-reactive ketones (excluding diaryl/α,β-unsaturated/α-hetero) is 1. The summed E-state index contributed by atoms with van der Waals surface area (Å²) in [6.07, 6.45) is 0.717. The molecule has 1 aromatic heterocycles. The lowest BCUT2D eigenvalue weighted by Gasteiger charge is -2.07. The van der Waals surface area contributed by atoms with Crippen molar-refractivity contribution >= 4 is 28.9 Å². The van der Waals surface area contributed by atoms with Gasteiger partial charge < -0.3 is 0 Å². The Kier molecular flexibility index (Phi) is 1.54. The predicted molar refractivity (Wildman–Crippen MR) is 44.0 cm³/mol. The molecule has 1 aliphatic heterocycles. The van der Waals surface area contributed by atoms with E-state index in [0.717, 1.165) is 11.3 Å². The second-order valence-corrected chi connectivity index (χ2v) is 4.42. The zero-order valence-corrected chi connectivity index (χ0v) is 6.93. The van der Waals surface area contributed by atoms with Gasteiger partial charge in [0.1, 0.15) is 0 Å². The average molecular weight is 170 g/mol. The van der Waals surface area contributed by atoms with E-state index in [1.54, 1.807) is 23.1 Å². The smallest absolute Gasteiger partial charge is 0.165 e. The standard InChI is InChI=1S/C7H6OS2/c8-6-2-4-10-7-5(6)1-3-9-7/h1,3H,2,4H2. The first kappa shape index (κ1) is 6.43. The Bertz CT molecular complexity index is 264. The third-order valence-corrected chi connectivity index (χ3v) is 3.73. The van der Waals surface area contributed by atoms with Crippen molar-refractivity contribution in [2.75, 3.05) is 5.75 Å². The summed E-state index contributed by atoms with van der Waals surface area (Å²) in [4.78, 5) is 11.1. The van der Waals surface area contributed by atoms with Crippen LogP contribution in [0.25, 0.3) is 0 Å². The molecule has 0 saturated carbocycles. The second kappa shape index (κ2) is 2.40. The molecule has 1 aliphatic rings. The number of fused-ring (bicyclic) bond motifs is 1. The third-order valence-electron chi connectivity index (χ3n) is 1.49. The maximum absolute atomic E-state index is 11.1. The lowest BCUT2D eigenvalue weighted by Crippen LogP contribution is -2.04. The number of hydrogen-bond donors (Lipinski definition) is 0. The molecule has 1 aromatic rings. The zero-order chi connectivity index (χ0) is 6.97. The summed E-state index contributed by atoms with van der Waals surface area (Å²) in [6.45, 7) is 0. The molecule has 52 valence electrons. The molecular formula is C7H6OS2. The van der Waals surface area contributed by atoms with Crippen LogP contribution in [0.4, 0.5) is 0 Å². The van der Waals surface area contributed by atoms with Gasteiger partial charge >= 0.3 is 0 Å². The number of thioether (sulfide) groups is 1. The molecule has 0 N–H and O–H groups in total. The van der Waals surface area contributed by atoms with Crippen LogP contribution < -0.4 is 0 Å². The Hall–Kier alpha value is -0.280. The zero-order valence-electron chi connectivity index (χ0n) is 5.29. The van der Waals surface area contributed by atoms with E-state index in [1.165, 1.54) is 4.21 Å². The molecule has 0 spiro atoms. The molecule has 0 amide bonds. The summed E-state index contributed by atoms with van der Waals surface area (Å²) in [7, 11) is 0. The number of hydrogen-bond acceptors (Lipinski definition) is 3. The SMILES string of the molecule is O=C1CCSc2sccc21. The van der Waals surface area contributed by atoms with E-state index in [9.17, 15) is 4.79 Å². The summed E-state index contributed by atoms with van der Waals surface area (Å²) >= 11 is 3.47. The molecule has 2 heterocycles. The van der Waals surface area contributed by atoms with E-state index in [0.29, 0.717) is 12.2 Å². The van der Waals surface area contributed by atoms with Gasteiger partial charge in [-0.3, -0.25) is 4.79 Å². The van der Waals surface area contributed by atoms with E-state index in [4.69, 9.17) is 0 Å². The van der Waals surface area contributed by atoms with Crippen molar-refractivity contribution < 1.29 is 4.79 Å². The van der Waals surface area contributed by atoms with Crippen LogP contribution in [0.3, 0.4) is 0 Å². The number of carbonyl (C=O) groups excluding carboxylic acids is 1. The highest BCUT2D eigenvalue weighted by Gasteiger charge is 2.17. The average Bonchev–Trinajstić information content (AvgIpc) is 2.36. The first-order valence-electron chi connectivity index (χ1n) is 3.11. The minimum atomic E-state index is 0.315. The Balaban J connectivity index is 2.50. The van der Waals surface area contributed by atoms with E-state index in [1.807, 2.05) is 11.4 Å². The highest BCUT2D eigenvalue weighted by molar-refractivity contribution is 8.01. The Morgan fingerprint density at radius 3 is 3.20 bits per heavy atom. The molecule has 0 saturated heterocycles. The monoisotopic (exact) mass is 170 g/mol. The molecule has 0 radical (unpaired) electrons. The van der Waals surface area contributed by atoms with Crippen LogP contribution in [0.2, 0.25) is 0 Å². The van der Waals surface area contributed by atoms with Crippen molar-refractivity contribution in [2.45, 2.75) is 10.6 Å². The van der Waals surface area contributed by atoms with Crippen LogP contribution in [-0.2, 0) is 0 Å². The van der Waals surface area contributed by atoms with Gasteiger partial charge in [0.2, 0.25) is 0 Å². The van der Waals surface area contributed by atoms with Gasteiger partial charge in [-0.25, -0.2) is 0 Å². The minimum absolute atomic E-state index is 0.315. The highest BCUT2D eigenvalue weighted by atomic mass is 32.2. The van der Waals surface area contributed by atoms with Crippen LogP contribution in [0.15, 0.2) is 15.7 Å². The van der Waals surface area contributed by atoms with Crippen molar-refractivity contribution in [1.29, 1.82) is 0 Å². The topological polar surface area (TPSA) is 17.1 Å². The summed E-state index contributed by atoms with van der Waals surface area (Å²) in [5, 5.41) is 1.99.